The van der Waals surface area contributed by atoms with Gasteiger partial charge in [-0.3, -0.25) is 9.59 Å². The van der Waals surface area contributed by atoms with Gasteiger partial charge in [0.05, 0.1) is 34.4 Å². The van der Waals surface area contributed by atoms with Crippen LogP contribution in [0.3, 0.4) is 0 Å². The van der Waals surface area contributed by atoms with Crippen LogP contribution in [0, 0.1) is 0 Å². The molecule has 9 nitrogen and oxygen atoms in total. The Hall–Kier alpha value is -3.01. The van der Waals surface area contributed by atoms with Gasteiger partial charge in [0.25, 0.3) is 6.29 Å². The predicted molar refractivity (Wildman–Crippen MR) is 346 cm³/mol. The molecule has 1 N–H and O–H groups in total. The summed E-state index contributed by atoms with van der Waals surface area (Å²) < 4.78 is 23.0. The number of carbonyl (C=O) groups is 3. The van der Waals surface area contributed by atoms with Crippen LogP contribution in [0.4, 0.5) is 0 Å². The van der Waals surface area contributed by atoms with E-state index in [9.17, 15) is 19.5 Å². The lowest BCUT2D eigenvalue weighted by Crippen LogP contribution is -2.40. The molecule has 0 saturated heterocycles. The molecule has 2 atom stereocenters. The van der Waals surface area contributed by atoms with E-state index < -0.39 is 18.4 Å². The molecule has 0 heterocycles. The fraction of sp³-hybridized carbons (Fsp3) is 0.819. The van der Waals surface area contributed by atoms with Crippen molar-refractivity contribution in [3.8, 4) is 0 Å². The van der Waals surface area contributed by atoms with Crippen LogP contribution in [0.5, 0.6) is 0 Å². The van der Waals surface area contributed by atoms with Gasteiger partial charge in [0.1, 0.15) is 13.2 Å². The number of quaternary nitrogens is 1. The van der Waals surface area contributed by atoms with Gasteiger partial charge in [-0.15, -0.1) is 0 Å². The van der Waals surface area contributed by atoms with Crippen molar-refractivity contribution < 1.29 is 42.9 Å². The topological polar surface area (TPSA) is 108 Å². The Morgan fingerprint density at radius 3 is 1.05 bits per heavy atom. The normalized spacial score (nSPS) is 13.0. The van der Waals surface area contributed by atoms with Crippen molar-refractivity contribution in [2.24, 2.45) is 0 Å². The number of aliphatic carboxylic acids is 1. The van der Waals surface area contributed by atoms with Crippen LogP contribution in [0.25, 0.3) is 0 Å². The van der Waals surface area contributed by atoms with E-state index in [0.717, 1.165) is 70.6 Å². The minimum atomic E-state index is -1.51. The molecule has 0 aromatic carbocycles. The third-order valence-electron chi connectivity index (χ3n) is 15.3. The summed E-state index contributed by atoms with van der Waals surface area (Å²) in [6.45, 7) is 4.82. The van der Waals surface area contributed by atoms with Crippen LogP contribution in [0.1, 0.15) is 322 Å². The molecular formula is C72H132NO8+. The second-order valence-corrected chi connectivity index (χ2v) is 24.5. The maximum absolute atomic E-state index is 12.9. The second-order valence-electron chi connectivity index (χ2n) is 24.5. The fourth-order valence-electron chi connectivity index (χ4n) is 10.0. The quantitative estimate of drug-likeness (QED) is 0.0211. The number of esters is 2. The minimum absolute atomic E-state index is 0.177. The van der Waals surface area contributed by atoms with Crippen molar-refractivity contribution in [2.45, 2.75) is 334 Å². The first-order chi connectivity index (χ1) is 39.6. The van der Waals surface area contributed by atoms with E-state index in [2.05, 4.69) is 74.6 Å². The van der Waals surface area contributed by atoms with Gasteiger partial charge in [0, 0.05) is 12.8 Å². The van der Waals surface area contributed by atoms with E-state index in [1.165, 1.54) is 225 Å². The van der Waals surface area contributed by atoms with Crippen LogP contribution >= 0.6 is 0 Å². The van der Waals surface area contributed by atoms with Crippen LogP contribution < -0.4 is 0 Å². The summed E-state index contributed by atoms with van der Waals surface area (Å²) in [6.07, 6.45) is 79.0. The maximum Gasteiger partial charge on any atom is 0.361 e. The number of allylic oxidation sites excluding steroid dienone is 10. The van der Waals surface area contributed by atoms with Gasteiger partial charge in [-0.1, -0.05) is 312 Å². The van der Waals surface area contributed by atoms with Crippen molar-refractivity contribution in [1.29, 1.82) is 0 Å². The molecule has 0 aromatic heterocycles. The Morgan fingerprint density at radius 1 is 0.383 bits per heavy atom. The number of hydrogen-bond acceptors (Lipinski definition) is 7. The molecule has 2 unspecified atom stereocenters. The Kier molecular flexibility index (Phi) is 60.7. The van der Waals surface area contributed by atoms with Crippen LogP contribution in [-0.2, 0) is 33.3 Å². The van der Waals surface area contributed by atoms with Gasteiger partial charge in [0.15, 0.2) is 6.10 Å². The first-order valence-electron chi connectivity index (χ1n) is 34.5. The SMILES string of the molecule is CC/C=C\C/C=C\C/C=C\C/C=C\C/C=C\CCCCCCCCCCCCCCCCCCCCCC(=O)OC(COC(=O)CCCCCCCCCCCCCCCCCCCCCCC)COC(OCC[N+](C)(C)C)C(=O)O. The molecule has 0 aliphatic rings. The number of carbonyl (C=O) groups excluding carboxylic acids is 2. The summed E-state index contributed by atoms with van der Waals surface area (Å²) >= 11 is 0. The van der Waals surface area contributed by atoms with Crippen molar-refractivity contribution in [3.63, 3.8) is 0 Å². The Labute approximate surface area is 501 Å². The summed E-state index contributed by atoms with van der Waals surface area (Å²) in [6, 6.07) is 0. The predicted octanol–water partition coefficient (Wildman–Crippen LogP) is 21.1. The lowest BCUT2D eigenvalue weighted by Gasteiger charge is -2.25. The largest absolute Gasteiger partial charge is 0.477 e. The van der Waals surface area contributed by atoms with Gasteiger partial charge in [-0.2, -0.15) is 0 Å². The number of carboxylic acids is 1. The number of likely N-dealkylation sites (N-methyl/N-ethyl adjacent to an activating group) is 1. The van der Waals surface area contributed by atoms with Gasteiger partial charge >= 0.3 is 17.9 Å². The van der Waals surface area contributed by atoms with Crippen LogP contribution in [0.15, 0.2) is 60.8 Å². The highest BCUT2D eigenvalue weighted by Crippen LogP contribution is 2.18. The van der Waals surface area contributed by atoms with Crippen LogP contribution in [0.2, 0.25) is 0 Å². The molecule has 0 bridgehead atoms. The van der Waals surface area contributed by atoms with E-state index in [-0.39, 0.29) is 38.2 Å². The average molecular weight is 1140 g/mol. The molecule has 0 radical (unpaired) electrons. The fourth-order valence-corrected chi connectivity index (χ4v) is 10.0. The molecule has 0 fully saturated rings. The van der Waals surface area contributed by atoms with Gasteiger partial charge < -0.3 is 28.5 Å². The first kappa shape index (κ1) is 78.0. The standard InChI is InChI=1S/C72H131NO8/c1-6-8-10-12-14-16-18-20-22-24-26-28-29-30-31-32-33-34-35-36-37-38-39-40-41-43-45-47-49-51-53-55-57-59-61-63-70(75)81-68(67-80-72(71(76)77)78-65-64-73(3,4)5)66-79-69(74)62-60-58-56-54-52-50-48-46-44-42-27-25-23-21-19-17-15-13-11-9-7-2/h8,10,14,16,20,22,26,28,30-31,68,72H,6-7,9,11-13,15,17-19,21,23-25,27,29,32-67H2,1-5H3/p+1/b10-8-,16-14-,22-20-,28-26-,31-30-. The van der Waals surface area contributed by atoms with Gasteiger partial charge in [-0.25, -0.2) is 4.79 Å². The molecular weight excluding hydrogens is 1010 g/mol. The van der Waals surface area contributed by atoms with Crippen molar-refractivity contribution in [3.05, 3.63) is 60.8 Å². The zero-order chi connectivity index (χ0) is 59.1. The molecule has 0 rings (SSSR count). The number of ether oxygens (including phenoxy) is 4. The number of rotatable bonds is 64. The highest BCUT2D eigenvalue weighted by Gasteiger charge is 2.25. The Bertz CT molecular complexity index is 1510. The lowest BCUT2D eigenvalue weighted by atomic mass is 10.0. The summed E-state index contributed by atoms with van der Waals surface area (Å²) in [5.41, 5.74) is 0. The molecule has 0 amide bonds. The Morgan fingerprint density at radius 2 is 0.704 bits per heavy atom. The van der Waals surface area contributed by atoms with E-state index in [1.54, 1.807) is 0 Å². The van der Waals surface area contributed by atoms with Gasteiger partial charge in [0.2, 0.25) is 0 Å². The number of unbranched alkanes of at least 4 members (excludes halogenated alkanes) is 39. The summed E-state index contributed by atoms with van der Waals surface area (Å²) in [7, 11) is 5.99. The molecule has 0 aliphatic carbocycles. The minimum Gasteiger partial charge on any atom is -0.477 e. The van der Waals surface area contributed by atoms with Crippen molar-refractivity contribution >= 4 is 17.9 Å². The summed E-state index contributed by atoms with van der Waals surface area (Å²) in [4.78, 5) is 37.6. The number of carboxylic acid groups (broad SMARTS) is 1. The monoisotopic (exact) mass is 1140 g/mol. The molecule has 0 saturated carbocycles. The molecule has 0 aromatic rings. The number of nitrogens with zero attached hydrogens (tertiary/aromatic N) is 1. The molecule has 9 heteroatoms. The highest BCUT2D eigenvalue weighted by atomic mass is 16.7. The van der Waals surface area contributed by atoms with E-state index in [1.807, 2.05) is 21.1 Å². The molecule has 472 valence electrons. The number of hydrogen-bond donors (Lipinski definition) is 1. The smallest absolute Gasteiger partial charge is 0.361 e. The van der Waals surface area contributed by atoms with E-state index in [4.69, 9.17) is 18.9 Å². The zero-order valence-electron chi connectivity index (χ0n) is 53.9. The van der Waals surface area contributed by atoms with Crippen molar-refractivity contribution in [2.75, 3.05) is 47.5 Å². The highest BCUT2D eigenvalue weighted by molar-refractivity contribution is 5.71. The third-order valence-corrected chi connectivity index (χ3v) is 15.3. The van der Waals surface area contributed by atoms with Crippen molar-refractivity contribution in [1.82, 2.24) is 0 Å². The lowest BCUT2D eigenvalue weighted by molar-refractivity contribution is -0.870. The van der Waals surface area contributed by atoms with E-state index >= 15 is 0 Å². The Balaban J connectivity index is 4.05. The molecule has 0 aliphatic heterocycles. The average Bonchev–Trinajstić information content (AvgIpc) is 3.44. The molecule has 81 heavy (non-hydrogen) atoms. The maximum atomic E-state index is 12.9. The van der Waals surface area contributed by atoms with Gasteiger partial charge in [-0.05, 0) is 57.8 Å². The summed E-state index contributed by atoms with van der Waals surface area (Å²) in [5, 5.41) is 9.74. The first-order valence-corrected chi connectivity index (χ1v) is 34.5. The third kappa shape index (κ3) is 64.4. The summed E-state index contributed by atoms with van der Waals surface area (Å²) in [5.74, 6) is -1.98. The second kappa shape index (κ2) is 63.0. The zero-order valence-corrected chi connectivity index (χ0v) is 53.9. The van der Waals surface area contributed by atoms with E-state index in [0.29, 0.717) is 17.4 Å². The van der Waals surface area contributed by atoms with Crippen LogP contribution in [-0.4, -0.2) is 87.4 Å². The molecule has 0 spiro atoms.